The van der Waals surface area contributed by atoms with Crippen molar-refractivity contribution in [3.8, 4) is 0 Å². The molecule has 0 aliphatic carbocycles. The molecule has 0 radical (unpaired) electrons. The summed E-state index contributed by atoms with van der Waals surface area (Å²) in [5.41, 5.74) is -3.66. The van der Waals surface area contributed by atoms with Crippen LogP contribution < -0.4 is 20.4 Å². The van der Waals surface area contributed by atoms with Crippen LogP contribution in [-0.4, -0.2) is 23.1 Å². The molecule has 0 aliphatic rings. The summed E-state index contributed by atoms with van der Waals surface area (Å²) in [7, 11) is 0. The molecule has 8 nitrogen and oxygen atoms in total. The van der Waals surface area contributed by atoms with E-state index >= 15 is 0 Å². The van der Waals surface area contributed by atoms with Crippen molar-refractivity contribution in [2.75, 3.05) is 0 Å². The van der Waals surface area contributed by atoms with Crippen molar-refractivity contribution in [2.45, 2.75) is 166 Å². The number of carbonyl (C=O) groups excluding carboxylic acids is 4. The molecule has 0 fully saturated rings. The third kappa shape index (κ3) is 29.7. The molecule has 53 heavy (non-hydrogen) atoms. The predicted octanol–water partition coefficient (Wildman–Crippen LogP) is 7.57. The maximum absolute atomic E-state index is 11.4. The molecule has 0 amide bonds. The Kier molecular flexibility index (Phi) is 24.6. The molecular formula is C44H76O8Zr. The van der Waals surface area contributed by atoms with Crippen LogP contribution in [0.25, 0.3) is 0 Å². The fourth-order valence-electron chi connectivity index (χ4n) is 2.21. The molecule has 0 saturated carbocycles. The van der Waals surface area contributed by atoms with Gasteiger partial charge in [-0.3, -0.25) is 19.2 Å². The molecule has 0 aromatic rings. The van der Waals surface area contributed by atoms with E-state index in [1.165, 1.54) is 24.3 Å². The van der Waals surface area contributed by atoms with E-state index in [9.17, 15) is 39.6 Å². The Morgan fingerprint density at radius 2 is 0.358 bits per heavy atom. The van der Waals surface area contributed by atoms with Crippen LogP contribution in [0.5, 0.6) is 0 Å². The van der Waals surface area contributed by atoms with Gasteiger partial charge in [-0.1, -0.05) is 166 Å². The van der Waals surface area contributed by atoms with E-state index in [2.05, 4.69) is 0 Å². The van der Waals surface area contributed by atoms with Crippen molar-refractivity contribution in [1.82, 2.24) is 0 Å². The van der Waals surface area contributed by atoms with Crippen molar-refractivity contribution in [1.29, 1.82) is 0 Å². The van der Waals surface area contributed by atoms with Gasteiger partial charge in [-0.2, -0.15) is 0 Å². The summed E-state index contributed by atoms with van der Waals surface area (Å²) in [5, 5.41) is 45.8. The van der Waals surface area contributed by atoms with Gasteiger partial charge in [0.15, 0.2) is 23.1 Å². The Bertz CT molecular complexity index is 1110. The van der Waals surface area contributed by atoms with Gasteiger partial charge in [0.05, 0.1) is 0 Å². The molecule has 0 atom stereocenters. The van der Waals surface area contributed by atoms with Crippen LogP contribution >= 0.6 is 0 Å². The predicted molar refractivity (Wildman–Crippen MR) is 208 cm³/mol. The van der Waals surface area contributed by atoms with Gasteiger partial charge < -0.3 is 20.4 Å². The van der Waals surface area contributed by atoms with Crippen molar-refractivity contribution < 1.29 is 65.8 Å². The van der Waals surface area contributed by atoms with Crippen molar-refractivity contribution >= 4 is 23.1 Å². The Labute approximate surface area is 344 Å². The van der Waals surface area contributed by atoms with Gasteiger partial charge in [0.2, 0.25) is 0 Å². The van der Waals surface area contributed by atoms with Gasteiger partial charge in [-0.05, 0) is 46.0 Å². The largest absolute Gasteiger partial charge is 4.00 e. The summed E-state index contributed by atoms with van der Waals surface area (Å²) >= 11 is 0. The van der Waals surface area contributed by atoms with Crippen LogP contribution in [0.15, 0.2) is 47.3 Å². The zero-order valence-electron chi connectivity index (χ0n) is 38.1. The van der Waals surface area contributed by atoms with E-state index in [-0.39, 0.29) is 72.4 Å². The number of allylic oxidation sites excluding steroid dienone is 8. The van der Waals surface area contributed by atoms with E-state index in [0.717, 1.165) is 0 Å². The van der Waals surface area contributed by atoms with Crippen LogP contribution in [0.1, 0.15) is 166 Å². The number of rotatable bonds is 4. The summed E-state index contributed by atoms with van der Waals surface area (Å²) in [6.45, 7) is 43.4. The molecule has 0 aromatic heterocycles. The van der Waals surface area contributed by atoms with Crippen LogP contribution in [0.4, 0.5) is 0 Å². The third-order valence-corrected chi connectivity index (χ3v) is 6.96. The first-order valence-electron chi connectivity index (χ1n) is 17.9. The quantitative estimate of drug-likeness (QED) is 0.207. The van der Waals surface area contributed by atoms with Gasteiger partial charge in [0, 0.05) is 21.7 Å². The van der Waals surface area contributed by atoms with Gasteiger partial charge in [-0.15, -0.1) is 23.0 Å². The minimum Gasteiger partial charge on any atom is -0.875 e. The fourth-order valence-corrected chi connectivity index (χ4v) is 2.21. The van der Waals surface area contributed by atoms with Gasteiger partial charge in [0.1, 0.15) is 0 Å². The number of hydrogen-bond donors (Lipinski definition) is 0. The molecule has 0 saturated heterocycles. The SMILES string of the molecule is CC(C)(C)C(=O)C=C([O-])C(C)(C)C.CC(C)(C)C(=O)C=C([O-])C(C)(C)C.CC(C)(C)C(=O)C=C([O-])C(C)(C)C.CC(C)(C)C(=O)C=C([O-])C(C)(C)C.[Zr+4]. The number of hydrogen-bond acceptors (Lipinski definition) is 8. The first-order valence-corrected chi connectivity index (χ1v) is 17.9. The standard InChI is InChI=1S/4C11H20O2.Zr/c4*1-10(2,3)8(12)7-9(13)11(4,5)6;/h4*7,12H,1-6H3;/q;;;;+4/p-4. The van der Waals surface area contributed by atoms with Gasteiger partial charge in [0.25, 0.3) is 0 Å². The Morgan fingerprint density at radius 1 is 0.264 bits per heavy atom. The van der Waals surface area contributed by atoms with Crippen LogP contribution in [0.2, 0.25) is 0 Å². The van der Waals surface area contributed by atoms with Crippen LogP contribution in [0, 0.1) is 43.3 Å². The van der Waals surface area contributed by atoms with Gasteiger partial charge >= 0.3 is 26.2 Å². The Hall–Kier alpha value is -2.28. The van der Waals surface area contributed by atoms with Crippen molar-refractivity contribution in [2.24, 2.45) is 43.3 Å². The summed E-state index contributed by atoms with van der Waals surface area (Å²) in [5.74, 6) is -0.834. The second-order valence-corrected chi connectivity index (χ2v) is 21.5. The normalized spacial score (nSPS) is 14.2. The summed E-state index contributed by atoms with van der Waals surface area (Å²) in [6.07, 6.45) is 4.89. The zero-order valence-corrected chi connectivity index (χ0v) is 40.5. The molecule has 9 heteroatoms. The van der Waals surface area contributed by atoms with E-state index in [4.69, 9.17) is 0 Å². The number of carbonyl (C=O) groups is 4. The molecule has 0 aromatic carbocycles. The second-order valence-electron chi connectivity index (χ2n) is 21.5. The fraction of sp³-hybridized carbons (Fsp3) is 0.727. The maximum atomic E-state index is 11.4. The average molecular weight is 824 g/mol. The third-order valence-electron chi connectivity index (χ3n) is 6.96. The maximum Gasteiger partial charge on any atom is 4.00 e. The molecule has 0 unspecified atom stereocenters. The van der Waals surface area contributed by atoms with Crippen molar-refractivity contribution in [3.05, 3.63) is 47.3 Å². The molecular weight excluding hydrogens is 748 g/mol. The minimum absolute atomic E-state index is 0. The second kappa shape index (κ2) is 21.7. The van der Waals surface area contributed by atoms with Crippen LogP contribution in [0.3, 0.4) is 0 Å². The zero-order chi connectivity index (χ0) is 43.4. The Balaban J connectivity index is -0.000000192. The number of ketones is 4. The van der Waals surface area contributed by atoms with E-state index in [1.807, 2.05) is 166 Å². The molecule has 0 rings (SSSR count). The molecule has 0 heterocycles. The summed E-state index contributed by atoms with van der Waals surface area (Å²) in [6, 6.07) is 0. The smallest absolute Gasteiger partial charge is 0.875 e. The molecule has 0 N–H and O–H groups in total. The average Bonchev–Trinajstić information content (AvgIpc) is 2.85. The van der Waals surface area contributed by atoms with Crippen molar-refractivity contribution in [3.63, 3.8) is 0 Å². The molecule has 0 aliphatic heterocycles. The first kappa shape index (κ1) is 60.0. The summed E-state index contributed by atoms with van der Waals surface area (Å²) < 4.78 is 0. The minimum atomic E-state index is -0.457. The van der Waals surface area contributed by atoms with E-state index in [1.54, 1.807) is 0 Å². The topological polar surface area (TPSA) is 161 Å². The molecule has 0 bridgehead atoms. The molecule has 0 spiro atoms. The Morgan fingerprint density at radius 3 is 0.415 bits per heavy atom. The summed E-state index contributed by atoms with van der Waals surface area (Å²) in [4.78, 5) is 45.8. The molecule has 304 valence electrons. The monoisotopic (exact) mass is 822 g/mol. The van der Waals surface area contributed by atoms with E-state index < -0.39 is 43.3 Å². The van der Waals surface area contributed by atoms with E-state index in [0.29, 0.717) is 0 Å². The first-order chi connectivity index (χ1) is 22.2. The van der Waals surface area contributed by atoms with Crippen LogP contribution in [-0.2, 0) is 45.4 Å². The van der Waals surface area contributed by atoms with Gasteiger partial charge in [-0.25, -0.2) is 0 Å².